The molecule has 0 fully saturated rings. The lowest BCUT2D eigenvalue weighted by Gasteiger charge is -2.14. The van der Waals surface area contributed by atoms with Crippen molar-refractivity contribution >= 4 is 32.0 Å². The van der Waals surface area contributed by atoms with Gasteiger partial charge in [-0.3, -0.25) is 9.59 Å². The normalized spacial score (nSPS) is 15.5. The predicted molar refractivity (Wildman–Crippen MR) is 94.0 cm³/mol. The summed E-state index contributed by atoms with van der Waals surface area (Å²) in [7, 11) is 0. The molecule has 1 unspecified atom stereocenters. The van der Waals surface area contributed by atoms with E-state index < -0.39 is 17.7 Å². The number of aliphatic hydroxyl groups excluding tert-OH is 1. The van der Waals surface area contributed by atoms with Crippen molar-refractivity contribution in [3.05, 3.63) is 64.6 Å². The highest BCUT2D eigenvalue weighted by atomic mass is 79.9. The van der Waals surface area contributed by atoms with E-state index in [2.05, 4.69) is 29.8 Å². The van der Waals surface area contributed by atoms with Gasteiger partial charge in [-0.15, -0.1) is 0 Å². The van der Waals surface area contributed by atoms with Gasteiger partial charge in [-0.2, -0.15) is 0 Å². The lowest BCUT2D eigenvalue weighted by atomic mass is 9.91. The molecule has 0 saturated heterocycles. The summed E-state index contributed by atoms with van der Waals surface area (Å²) in [5.74, 6) is -0.501. The zero-order valence-electron chi connectivity index (χ0n) is 13.4. The van der Waals surface area contributed by atoms with Crippen LogP contribution in [0.4, 0.5) is 0 Å². The van der Waals surface area contributed by atoms with Crippen molar-refractivity contribution in [2.75, 3.05) is 0 Å². The van der Waals surface area contributed by atoms with Gasteiger partial charge in [-0.1, -0.05) is 38.1 Å². The quantitative estimate of drug-likeness (QED) is 0.801. The van der Waals surface area contributed by atoms with Crippen LogP contribution in [0.5, 0.6) is 0 Å². The number of allylic oxidation sites excluding steroid dienone is 1. The number of hydrogen-bond donors (Lipinski definition) is 1. The first-order valence-electron chi connectivity index (χ1n) is 7.73. The average Bonchev–Trinajstić information content (AvgIpc) is 2.97. The van der Waals surface area contributed by atoms with Crippen LogP contribution < -0.4 is 0 Å². The first-order chi connectivity index (χ1) is 11.4. The van der Waals surface area contributed by atoms with Gasteiger partial charge in [0.15, 0.2) is 5.76 Å². The number of carbonyl (C=O) groups excluding carboxylic acids is 2. The van der Waals surface area contributed by atoms with Gasteiger partial charge in [0.25, 0.3) is 0 Å². The molecule has 1 heterocycles. The highest BCUT2D eigenvalue weighted by Gasteiger charge is 2.33. The Morgan fingerprint density at radius 3 is 2.71 bits per heavy atom. The minimum Gasteiger partial charge on any atom is -0.463 e. The molecule has 0 spiro atoms. The van der Waals surface area contributed by atoms with Gasteiger partial charge < -0.3 is 9.52 Å². The number of hydrogen-bond acceptors (Lipinski definition) is 4. The second kappa shape index (κ2) is 6.49. The molecule has 1 atom stereocenters. The van der Waals surface area contributed by atoms with Crippen LogP contribution >= 0.6 is 15.9 Å². The van der Waals surface area contributed by atoms with Gasteiger partial charge in [0, 0.05) is 11.6 Å². The van der Waals surface area contributed by atoms with Crippen molar-refractivity contribution in [1.29, 1.82) is 0 Å². The van der Waals surface area contributed by atoms with E-state index in [1.54, 1.807) is 6.07 Å². The number of halogens is 1. The smallest absolute Gasteiger partial charge is 0.237 e. The van der Waals surface area contributed by atoms with Crippen molar-refractivity contribution in [3.8, 4) is 0 Å². The Morgan fingerprint density at radius 2 is 2.00 bits per heavy atom. The molecule has 0 amide bonds. The minimum atomic E-state index is -1.03. The Bertz CT molecular complexity index is 845. The van der Waals surface area contributed by atoms with Crippen LogP contribution in [0, 0.1) is 5.92 Å². The van der Waals surface area contributed by atoms with Gasteiger partial charge in [0.2, 0.25) is 11.6 Å². The van der Waals surface area contributed by atoms with Crippen LogP contribution in [-0.2, 0) is 11.2 Å². The molecule has 1 aromatic heterocycles. The molecular weight excluding hydrogens is 372 g/mol. The Morgan fingerprint density at radius 1 is 1.25 bits per heavy atom. The average molecular weight is 389 g/mol. The molecule has 1 N–H and O–H groups in total. The van der Waals surface area contributed by atoms with Crippen LogP contribution in [0.25, 0.3) is 4.48 Å². The third kappa shape index (κ3) is 3.01. The van der Waals surface area contributed by atoms with E-state index in [1.165, 1.54) is 12.3 Å². The van der Waals surface area contributed by atoms with E-state index in [4.69, 9.17) is 4.42 Å². The molecular formula is C19H17BrO4. The fourth-order valence-electron chi connectivity index (χ4n) is 2.89. The van der Waals surface area contributed by atoms with E-state index in [9.17, 15) is 14.7 Å². The SMILES string of the molecule is CC(C)Cc1cccc(C(O)c2coc3c2C(=O)C(=O)C=C3Br)c1. The highest BCUT2D eigenvalue weighted by molar-refractivity contribution is 9.15. The molecule has 0 aliphatic heterocycles. The maximum Gasteiger partial charge on any atom is 0.237 e. The van der Waals surface area contributed by atoms with Crippen LogP contribution in [0.15, 0.2) is 41.0 Å². The first kappa shape index (κ1) is 16.9. The number of rotatable bonds is 4. The van der Waals surface area contributed by atoms with E-state index >= 15 is 0 Å². The first-order valence-corrected chi connectivity index (χ1v) is 8.52. The molecule has 1 aliphatic carbocycles. The van der Waals surface area contributed by atoms with E-state index in [0.29, 0.717) is 21.5 Å². The number of aliphatic hydroxyl groups is 1. The molecule has 0 saturated carbocycles. The Labute approximate surface area is 148 Å². The predicted octanol–water partition coefficient (Wildman–Crippen LogP) is 4.06. The standard InChI is InChI=1S/C19H17BrO4/c1-10(2)6-11-4-3-5-12(7-11)17(22)13-9-24-19-14(20)8-15(21)18(23)16(13)19/h3-5,7-10,17,22H,6H2,1-2H3. The molecule has 0 radical (unpaired) electrons. The number of ketones is 2. The summed E-state index contributed by atoms with van der Waals surface area (Å²) in [6.45, 7) is 4.26. The number of carbonyl (C=O) groups is 2. The van der Waals surface area contributed by atoms with Gasteiger partial charge in [-0.25, -0.2) is 0 Å². The summed E-state index contributed by atoms with van der Waals surface area (Å²) < 4.78 is 5.82. The third-order valence-corrected chi connectivity index (χ3v) is 4.54. The molecule has 124 valence electrons. The topological polar surface area (TPSA) is 67.5 Å². The molecule has 1 aromatic carbocycles. The molecule has 1 aliphatic rings. The third-order valence-electron chi connectivity index (χ3n) is 3.95. The molecule has 2 aromatic rings. The van der Waals surface area contributed by atoms with Crippen molar-refractivity contribution < 1.29 is 19.1 Å². The number of furan rings is 1. The lowest BCUT2D eigenvalue weighted by Crippen LogP contribution is -2.19. The maximum absolute atomic E-state index is 12.2. The van der Waals surface area contributed by atoms with Crippen LogP contribution in [0.2, 0.25) is 0 Å². The largest absolute Gasteiger partial charge is 0.463 e. The monoisotopic (exact) mass is 388 g/mol. The van der Waals surface area contributed by atoms with Crippen molar-refractivity contribution in [1.82, 2.24) is 0 Å². The molecule has 0 bridgehead atoms. The van der Waals surface area contributed by atoms with E-state index in [1.807, 2.05) is 18.2 Å². The summed E-state index contributed by atoms with van der Waals surface area (Å²) in [6, 6.07) is 7.61. The summed E-state index contributed by atoms with van der Waals surface area (Å²) >= 11 is 3.23. The zero-order valence-corrected chi connectivity index (χ0v) is 15.0. The summed E-state index contributed by atoms with van der Waals surface area (Å²) in [5, 5.41) is 10.7. The van der Waals surface area contributed by atoms with Crippen LogP contribution in [-0.4, -0.2) is 16.7 Å². The summed E-state index contributed by atoms with van der Waals surface area (Å²) in [6.07, 6.45) is 2.40. The molecule has 3 rings (SSSR count). The van der Waals surface area contributed by atoms with Crippen molar-refractivity contribution in [3.63, 3.8) is 0 Å². The summed E-state index contributed by atoms with van der Waals surface area (Å²) in [4.78, 5) is 24.0. The van der Waals surface area contributed by atoms with E-state index in [0.717, 1.165) is 12.0 Å². The minimum absolute atomic E-state index is 0.135. The fraction of sp³-hybridized carbons (Fsp3) is 0.263. The number of Topliss-reactive ketones (excluding diaryl/α,β-unsaturated/α-hetero) is 1. The Hall–Kier alpha value is -1.98. The number of benzene rings is 1. The molecule has 24 heavy (non-hydrogen) atoms. The van der Waals surface area contributed by atoms with Crippen molar-refractivity contribution in [2.24, 2.45) is 5.92 Å². The Kier molecular flexibility index (Phi) is 4.56. The van der Waals surface area contributed by atoms with Crippen molar-refractivity contribution in [2.45, 2.75) is 26.4 Å². The van der Waals surface area contributed by atoms with E-state index in [-0.39, 0.29) is 11.3 Å². The zero-order chi connectivity index (χ0) is 17.4. The number of fused-ring (bicyclic) bond motifs is 1. The maximum atomic E-state index is 12.2. The molecule has 4 nitrogen and oxygen atoms in total. The lowest BCUT2D eigenvalue weighted by molar-refractivity contribution is -0.111. The van der Waals surface area contributed by atoms with Gasteiger partial charge in [0.1, 0.15) is 6.10 Å². The fourth-order valence-corrected chi connectivity index (χ4v) is 3.39. The van der Waals surface area contributed by atoms with Gasteiger partial charge >= 0.3 is 0 Å². The van der Waals surface area contributed by atoms with Crippen LogP contribution in [0.3, 0.4) is 0 Å². The van der Waals surface area contributed by atoms with Crippen LogP contribution in [0.1, 0.15) is 52.8 Å². The highest BCUT2D eigenvalue weighted by Crippen LogP contribution is 2.37. The van der Waals surface area contributed by atoms with Gasteiger partial charge in [0.05, 0.1) is 16.3 Å². The summed E-state index contributed by atoms with van der Waals surface area (Å²) in [5.41, 5.74) is 2.23. The second-order valence-corrected chi connectivity index (χ2v) is 7.18. The van der Waals surface area contributed by atoms with Gasteiger partial charge in [-0.05, 0) is 39.4 Å². The second-order valence-electron chi connectivity index (χ2n) is 6.33. The molecule has 5 heteroatoms. The Balaban J connectivity index is 2.01.